The van der Waals surface area contributed by atoms with Crippen molar-refractivity contribution in [2.24, 2.45) is 0 Å². The number of carbonyl (C=O) groups is 1. The summed E-state index contributed by atoms with van der Waals surface area (Å²) < 4.78 is 64.8. The Balaban J connectivity index is 2.19. The van der Waals surface area contributed by atoms with Gasteiger partial charge >= 0.3 is 12.2 Å². The number of nitrogens with one attached hydrogen (secondary N) is 1. The van der Waals surface area contributed by atoms with Crippen LogP contribution in [0, 0.1) is 22.7 Å². The van der Waals surface area contributed by atoms with E-state index in [1.165, 1.54) is 38.1 Å². The molecule has 1 N–H and O–H groups in total. The summed E-state index contributed by atoms with van der Waals surface area (Å²) >= 11 is 0. The molecule has 0 aliphatic carbocycles. The summed E-state index contributed by atoms with van der Waals surface area (Å²) in [6.45, 7) is 2.81. The molecular formula is C22H17F3N4O3S. The van der Waals surface area contributed by atoms with Gasteiger partial charge in [0, 0.05) is 5.70 Å². The number of urea groups is 1. The average Bonchev–Trinajstić information content (AvgIpc) is 2.78. The van der Waals surface area contributed by atoms with Crippen LogP contribution in [-0.2, 0) is 16.0 Å². The van der Waals surface area contributed by atoms with E-state index < -0.39 is 33.6 Å². The molecule has 7 nitrogen and oxygen atoms in total. The third kappa shape index (κ3) is 4.41. The van der Waals surface area contributed by atoms with Crippen molar-refractivity contribution in [2.75, 3.05) is 10.7 Å². The van der Waals surface area contributed by atoms with E-state index >= 15 is 0 Å². The van der Waals surface area contributed by atoms with Crippen molar-refractivity contribution in [3.63, 3.8) is 0 Å². The lowest BCUT2D eigenvalue weighted by atomic mass is 9.94. The molecule has 33 heavy (non-hydrogen) atoms. The number of allylic oxidation sites excluding steroid dienone is 1. The molecule has 1 aliphatic rings. The number of amides is 2. The third-order valence-corrected chi connectivity index (χ3v) is 6.99. The molecule has 2 aromatic carbocycles. The van der Waals surface area contributed by atoms with Gasteiger partial charge in [-0.05, 0) is 42.8 Å². The minimum Gasteiger partial charge on any atom is -0.326 e. The first kappa shape index (κ1) is 23.8. The van der Waals surface area contributed by atoms with Crippen LogP contribution in [0.25, 0.3) is 0 Å². The monoisotopic (exact) mass is 474 g/mol. The second-order valence-electron chi connectivity index (χ2n) is 7.14. The zero-order valence-corrected chi connectivity index (χ0v) is 18.3. The van der Waals surface area contributed by atoms with Crippen molar-refractivity contribution in [2.45, 2.75) is 31.0 Å². The van der Waals surface area contributed by atoms with Crippen molar-refractivity contribution in [1.29, 1.82) is 10.5 Å². The van der Waals surface area contributed by atoms with E-state index in [9.17, 15) is 31.6 Å². The number of hydrogen-bond acceptors (Lipinski definition) is 5. The molecule has 1 aliphatic heterocycles. The van der Waals surface area contributed by atoms with Crippen molar-refractivity contribution < 1.29 is 26.4 Å². The minimum atomic E-state index is -4.63. The standard InChI is InChI=1S/C22H17F3N4O3S/c1-3-33(31,32)19-9-14(11-26)7-8-17(19)20-18(12-27)13(2)29(21(30)28-20)16-6-4-5-15(10-16)22(23,24)25/h4-10,20H,3H2,1-2H3,(H,28,30). The number of anilines is 1. The van der Waals surface area contributed by atoms with Gasteiger partial charge in [-0.25, -0.2) is 13.2 Å². The van der Waals surface area contributed by atoms with Crippen LogP contribution in [0.15, 0.2) is 58.6 Å². The summed E-state index contributed by atoms with van der Waals surface area (Å²) in [6.07, 6.45) is -4.63. The van der Waals surface area contributed by atoms with E-state index in [1.54, 1.807) is 0 Å². The van der Waals surface area contributed by atoms with Gasteiger partial charge in [-0.3, -0.25) is 4.90 Å². The van der Waals surface area contributed by atoms with Crippen molar-refractivity contribution >= 4 is 21.6 Å². The molecule has 170 valence electrons. The zero-order valence-electron chi connectivity index (χ0n) is 17.4. The van der Waals surface area contributed by atoms with Gasteiger partial charge in [-0.2, -0.15) is 23.7 Å². The summed E-state index contributed by atoms with van der Waals surface area (Å²) in [5.41, 5.74) is -0.905. The number of sulfone groups is 1. The smallest absolute Gasteiger partial charge is 0.326 e. The van der Waals surface area contributed by atoms with Gasteiger partial charge in [-0.15, -0.1) is 0 Å². The largest absolute Gasteiger partial charge is 0.416 e. The number of hydrogen-bond donors (Lipinski definition) is 1. The Morgan fingerprint density at radius 2 is 1.82 bits per heavy atom. The fourth-order valence-electron chi connectivity index (χ4n) is 3.52. The first-order valence-corrected chi connectivity index (χ1v) is 11.3. The number of benzene rings is 2. The maximum Gasteiger partial charge on any atom is 0.416 e. The lowest BCUT2D eigenvalue weighted by Crippen LogP contribution is -2.46. The number of nitrogens with zero attached hydrogens (tertiary/aromatic N) is 3. The van der Waals surface area contributed by atoms with E-state index in [0.717, 1.165) is 23.1 Å². The molecule has 11 heteroatoms. The van der Waals surface area contributed by atoms with Crippen LogP contribution in [0.5, 0.6) is 0 Å². The number of rotatable bonds is 4. The van der Waals surface area contributed by atoms with Crippen LogP contribution >= 0.6 is 0 Å². The highest BCUT2D eigenvalue weighted by Crippen LogP contribution is 2.38. The zero-order chi connectivity index (χ0) is 24.6. The molecule has 0 spiro atoms. The highest BCUT2D eigenvalue weighted by molar-refractivity contribution is 7.91. The number of alkyl halides is 3. The number of nitriles is 2. The number of carbonyl (C=O) groups excluding carboxylic acids is 1. The Kier molecular flexibility index (Phi) is 6.21. The molecule has 2 aromatic rings. The predicted octanol–water partition coefficient (Wildman–Crippen LogP) is 4.44. The maximum absolute atomic E-state index is 13.1. The minimum absolute atomic E-state index is 0.0507. The molecule has 0 saturated carbocycles. The molecule has 1 heterocycles. The predicted molar refractivity (Wildman–Crippen MR) is 112 cm³/mol. The van der Waals surface area contributed by atoms with Gasteiger partial charge in [0.05, 0.1) is 51.2 Å². The molecule has 2 amide bonds. The first-order valence-electron chi connectivity index (χ1n) is 9.60. The molecular weight excluding hydrogens is 457 g/mol. The van der Waals surface area contributed by atoms with E-state index in [-0.39, 0.29) is 38.7 Å². The fourth-order valence-corrected chi connectivity index (χ4v) is 4.68. The summed E-state index contributed by atoms with van der Waals surface area (Å²) in [6, 6.07) is 9.74. The summed E-state index contributed by atoms with van der Waals surface area (Å²) in [5, 5.41) is 21.5. The molecule has 0 saturated heterocycles. The molecule has 0 aromatic heterocycles. The molecule has 3 rings (SSSR count). The van der Waals surface area contributed by atoms with E-state index in [2.05, 4.69) is 5.32 Å². The second kappa shape index (κ2) is 8.60. The molecule has 1 unspecified atom stereocenters. The lowest BCUT2D eigenvalue weighted by molar-refractivity contribution is -0.137. The molecule has 0 bridgehead atoms. The highest BCUT2D eigenvalue weighted by Gasteiger charge is 2.37. The van der Waals surface area contributed by atoms with Crippen LogP contribution in [0.3, 0.4) is 0 Å². The summed E-state index contributed by atoms with van der Waals surface area (Å²) in [7, 11) is -3.84. The van der Waals surface area contributed by atoms with Crippen LogP contribution in [0.2, 0.25) is 0 Å². The SMILES string of the molecule is CCS(=O)(=O)c1cc(C#N)ccc1C1NC(=O)N(c2cccc(C(F)(F)F)c2)C(C)=C1C#N. The Morgan fingerprint density at radius 1 is 1.12 bits per heavy atom. The Labute approximate surface area is 188 Å². The number of halogens is 3. The molecule has 0 fully saturated rings. The van der Waals surface area contributed by atoms with Gasteiger partial charge < -0.3 is 5.32 Å². The van der Waals surface area contributed by atoms with Crippen molar-refractivity contribution in [3.05, 3.63) is 70.4 Å². The quantitative estimate of drug-likeness (QED) is 0.704. The van der Waals surface area contributed by atoms with Gasteiger partial charge in [0.25, 0.3) is 0 Å². The third-order valence-electron chi connectivity index (χ3n) is 5.21. The topological polar surface area (TPSA) is 114 Å². The Hall–Kier alpha value is -3.83. The van der Waals surface area contributed by atoms with Gasteiger partial charge in [0.2, 0.25) is 0 Å². The van der Waals surface area contributed by atoms with Crippen LogP contribution in [0.1, 0.15) is 36.6 Å². The van der Waals surface area contributed by atoms with Gasteiger partial charge in [0.1, 0.15) is 0 Å². The molecule has 0 radical (unpaired) electrons. The van der Waals surface area contributed by atoms with Crippen LogP contribution in [-0.4, -0.2) is 20.2 Å². The maximum atomic E-state index is 13.1. The van der Waals surface area contributed by atoms with E-state index in [4.69, 9.17) is 5.26 Å². The van der Waals surface area contributed by atoms with Gasteiger partial charge in [-0.1, -0.05) is 19.1 Å². The normalized spacial score (nSPS) is 16.8. The highest BCUT2D eigenvalue weighted by atomic mass is 32.2. The summed E-state index contributed by atoms with van der Waals surface area (Å²) in [4.78, 5) is 13.7. The van der Waals surface area contributed by atoms with Crippen LogP contribution < -0.4 is 10.2 Å². The van der Waals surface area contributed by atoms with E-state index in [1.807, 2.05) is 12.1 Å². The van der Waals surface area contributed by atoms with Gasteiger partial charge in [0.15, 0.2) is 9.84 Å². The summed E-state index contributed by atoms with van der Waals surface area (Å²) in [5.74, 6) is -0.281. The second-order valence-corrected chi connectivity index (χ2v) is 9.39. The molecule has 1 atom stereocenters. The fraction of sp³-hybridized carbons (Fsp3) is 0.227. The Morgan fingerprint density at radius 3 is 2.39 bits per heavy atom. The lowest BCUT2D eigenvalue weighted by Gasteiger charge is -2.34. The van der Waals surface area contributed by atoms with Crippen molar-refractivity contribution in [1.82, 2.24) is 5.32 Å². The van der Waals surface area contributed by atoms with Crippen LogP contribution in [0.4, 0.5) is 23.7 Å². The Bertz CT molecular complexity index is 1350. The van der Waals surface area contributed by atoms with Crippen molar-refractivity contribution in [3.8, 4) is 12.1 Å². The first-order chi connectivity index (χ1) is 15.4. The van der Waals surface area contributed by atoms with E-state index in [0.29, 0.717) is 0 Å². The average molecular weight is 474 g/mol.